The fourth-order valence-corrected chi connectivity index (χ4v) is 16.7. The Morgan fingerprint density at radius 1 is 0.760 bits per heavy atom. The first-order valence-corrected chi connectivity index (χ1v) is 33.1. The van der Waals surface area contributed by atoms with Crippen molar-refractivity contribution in [2.75, 3.05) is 103 Å². The number of pyridine rings is 2. The maximum Gasteiger partial charge on any atom is 0.319 e. The van der Waals surface area contributed by atoms with Crippen LogP contribution in [0.4, 0.5) is 38.0 Å². The molecule has 18 nitrogen and oxygen atoms in total. The summed E-state index contributed by atoms with van der Waals surface area (Å²) in [5, 5.41) is 12.3. The Morgan fingerprint density at radius 3 is 2.14 bits per heavy atom. The third kappa shape index (κ3) is 11.2. The van der Waals surface area contributed by atoms with Gasteiger partial charge in [-0.05, 0) is 92.2 Å². The van der Waals surface area contributed by atoms with E-state index < -0.39 is 52.8 Å². The van der Waals surface area contributed by atoms with Gasteiger partial charge in [-0.1, -0.05) is 66.6 Å². The largest absolute Gasteiger partial charge is 0.461 e. The molecule has 25 heteroatoms. The lowest BCUT2D eigenvalue weighted by Gasteiger charge is -2.40. The first-order valence-electron chi connectivity index (χ1n) is 32.7. The fourth-order valence-electron chi connectivity index (χ4n) is 16.3. The molecule has 1 unspecified atom stereocenters. The van der Waals surface area contributed by atoms with Gasteiger partial charge < -0.3 is 34.2 Å². The molecule has 0 radical (unpaired) electrons. The van der Waals surface area contributed by atoms with Gasteiger partial charge in [0.1, 0.15) is 59.6 Å². The van der Waals surface area contributed by atoms with Gasteiger partial charge in [-0.15, -0.1) is 0 Å². The van der Waals surface area contributed by atoms with E-state index in [9.17, 15) is 23.5 Å². The van der Waals surface area contributed by atoms with E-state index in [0.717, 1.165) is 31.0 Å². The Balaban J connectivity index is 0.725. The number of anilines is 2. The summed E-state index contributed by atoms with van der Waals surface area (Å²) in [5.74, 6) is 2.03. The normalized spacial score (nSPS) is 25.2. The number of ether oxygens (including phenoxy) is 2. The number of aliphatic hydroxyl groups is 1. The van der Waals surface area contributed by atoms with E-state index in [1.165, 1.54) is 30.6 Å². The quantitative estimate of drug-likeness (QED) is 0.0583. The van der Waals surface area contributed by atoms with Crippen molar-refractivity contribution in [2.24, 2.45) is 5.92 Å². The van der Waals surface area contributed by atoms with Crippen LogP contribution < -0.4 is 19.3 Å². The number of halogens is 7. The Bertz CT molecular complexity index is 4560. The minimum Gasteiger partial charge on any atom is -0.461 e. The Hall–Kier alpha value is -8.47. The molecule has 498 valence electrons. The molecule has 11 heterocycles. The number of carbonyl (C=O) groups is 2. The highest BCUT2D eigenvalue weighted by Crippen LogP contribution is 2.52. The number of hydrogen-bond acceptors (Lipinski definition) is 16. The van der Waals surface area contributed by atoms with Gasteiger partial charge in [0.25, 0.3) is 5.91 Å². The van der Waals surface area contributed by atoms with Crippen molar-refractivity contribution in [3.8, 4) is 46.4 Å². The van der Waals surface area contributed by atoms with Gasteiger partial charge in [-0.25, -0.2) is 26.3 Å². The molecule has 7 saturated heterocycles. The van der Waals surface area contributed by atoms with Crippen molar-refractivity contribution < 1.29 is 50.5 Å². The van der Waals surface area contributed by atoms with Crippen LogP contribution >= 0.6 is 11.6 Å². The van der Waals surface area contributed by atoms with Crippen LogP contribution in [0.1, 0.15) is 63.0 Å². The molecule has 0 spiro atoms. The molecule has 0 aliphatic carbocycles. The van der Waals surface area contributed by atoms with E-state index in [1.54, 1.807) is 41.1 Å². The summed E-state index contributed by atoms with van der Waals surface area (Å²) in [4.78, 5) is 67.3. The zero-order valence-corrected chi connectivity index (χ0v) is 54.0. The topological polar surface area (TPSA) is 173 Å². The van der Waals surface area contributed by atoms with Gasteiger partial charge in [0, 0.05) is 143 Å². The maximum absolute atomic E-state index is 17.9. The molecule has 96 heavy (non-hydrogen) atoms. The number of benzene rings is 4. The van der Waals surface area contributed by atoms with Crippen molar-refractivity contribution >= 4 is 78.4 Å². The van der Waals surface area contributed by atoms with Gasteiger partial charge in [-0.2, -0.15) is 19.9 Å². The zero-order chi connectivity index (χ0) is 66.6. The van der Waals surface area contributed by atoms with Crippen molar-refractivity contribution in [3.05, 3.63) is 120 Å². The van der Waals surface area contributed by atoms with Crippen molar-refractivity contribution in [3.63, 3.8) is 0 Å². The molecule has 0 bridgehead atoms. The van der Waals surface area contributed by atoms with Crippen LogP contribution in [0.15, 0.2) is 85.7 Å². The van der Waals surface area contributed by atoms with E-state index in [0.29, 0.717) is 116 Å². The van der Waals surface area contributed by atoms with Crippen molar-refractivity contribution in [1.29, 1.82) is 0 Å². The number of aromatic nitrogens is 6. The van der Waals surface area contributed by atoms with Gasteiger partial charge in [-0.3, -0.25) is 34.3 Å². The monoisotopic (exact) mass is 1330 g/mol. The second-order valence-electron chi connectivity index (χ2n) is 27.2. The van der Waals surface area contributed by atoms with Crippen LogP contribution in [-0.2, 0) is 9.59 Å². The van der Waals surface area contributed by atoms with Crippen LogP contribution in [0.2, 0.25) is 5.02 Å². The summed E-state index contributed by atoms with van der Waals surface area (Å²) in [6.07, 6.45) is 5.56. The van der Waals surface area contributed by atoms with Crippen molar-refractivity contribution in [1.82, 2.24) is 54.4 Å². The first-order chi connectivity index (χ1) is 46.2. The number of nitrogens with zero attached hydrogens (tertiary/aromatic N) is 13. The summed E-state index contributed by atoms with van der Waals surface area (Å²) in [5.41, 5.74) is -0.781. The predicted molar refractivity (Wildman–Crippen MR) is 352 cm³/mol. The van der Waals surface area contributed by atoms with E-state index in [-0.39, 0.29) is 119 Å². The average molecular weight is 1330 g/mol. The molecule has 7 fully saturated rings. The number of carbonyl (C=O) groups excluding carboxylic acids is 2. The molecule has 8 aromatic rings. The van der Waals surface area contributed by atoms with Crippen LogP contribution in [0.25, 0.3) is 65.9 Å². The van der Waals surface area contributed by atoms with E-state index in [4.69, 9.17) is 41.0 Å². The Morgan fingerprint density at radius 2 is 1.43 bits per heavy atom. The molecule has 2 amide bonds. The molecular formula is C71H70ClF6N13O5. The highest BCUT2D eigenvalue weighted by atomic mass is 35.5. The second kappa shape index (κ2) is 24.9. The second-order valence-corrected chi connectivity index (χ2v) is 27.6. The minimum atomic E-state index is -1.24. The lowest BCUT2D eigenvalue weighted by atomic mass is 9.94. The van der Waals surface area contributed by atoms with Crippen LogP contribution in [0.3, 0.4) is 0 Å². The molecule has 4 aromatic heterocycles. The molecule has 1 N–H and O–H groups in total. The number of likely N-dealkylation sites (N-methyl/N-ethyl adjacent to an activating group) is 2. The zero-order valence-electron chi connectivity index (χ0n) is 53.2. The fraction of sp³-hybridized carbons (Fsp3) is 0.437. The van der Waals surface area contributed by atoms with Gasteiger partial charge >= 0.3 is 12.0 Å². The van der Waals surface area contributed by atoms with E-state index >= 15 is 17.6 Å². The maximum atomic E-state index is 17.9. The average Bonchev–Trinajstić information content (AvgIpc) is 1.18. The molecule has 7 aliphatic rings. The third-order valence-corrected chi connectivity index (χ3v) is 21.5. The van der Waals surface area contributed by atoms with Gasteiger partial charge in [0.15, 0.2) is 23.3 Å². The number of fused-ring (bicyclic) bond motifs is 6. The van der Waals surface area contributed by atoms with Crippen LogP contribution in [0, 0.1) is 41.0 Å². The van der Waals surface area contributed by atoms with Crippen LogP contribution in [-0.4, -0.2) is 206 Å². The summed E-state index contributed by atoms with van der Waals surface area (Å²) in [6.45, 7) is 7.28. The highest BCUT2D eigenvalue weighted by molar-refractivity contribution is 6.36. The summed E-state index contributed by atoms with van der Waals surface area (Å²) in [6, 6.07) is 15.1. The number of aliphatic hydroxyl groups excluding tert-OH is 1. The molecule has 15 rings (SSSR count). The van der Waals surface area contributed by atoms with E-state index in [1.807, 2.05) is 47.0 Å². The molecule has 4 aromatic carbocycles. The Labute approximate surface area is 554 Å². The number of β-amino-alcohol motifs (C(OH)–C–C–N with tert-alkyl or cyclic N) is 1. The number of alkyl halides is 2. The summed E-state index contributed by atoms with van der Waals surface area (Å²) >= 11 is 7.39. The predicted octanol–water partition coefficient (Wildman–Crippen LogP) is 10.1. The number of hydrogen-bond donors (Lipinski definition) is 1. The highest BCUT2D eigenvalue weighted by Gasteiger charge is 2.54. The minimum absolute atomic E-state index is 0.0150. The van der Waals surface area contributed by atoms with Crippen LogP contribution in [0.5, 0.6) is 12.0 Å². The van der Waals surface area contributed by atoms with Crippen molar-refractivity contribution in [2.45, 2.75) is 99.0 Å². The third-order valence-electron chi connectivity index (χ3n) is 21.2. The van der Waals surface area contributed by atoms with Gasteiger partial charge in [0.05, 0.1) is 34.0 Å². The standard InChI is InChI=1S/C71H70ClF6N13O5/c1-5-55(93)89-31-39(32-89)30-86(3)66-50-28-79-63(49-12-6-9-40-13-15-53(75)59(76)58(40)49)61(78)64(50)81-68(83-66)96-38-71-20-17-54(91(71)34-44(74)27-71)42-23-41-10-7-11-48(57(41)52(72)24-42)62-60(77)65-51(29-80-62)67(84-69(82-65)95-37-70-19-8-21-90(70)33-43(73)26-70)87(4)46-18-22-88(35-46)56(94)16-14-45-25-47(92)36-85(45)2/h5-7,9-13,15,23-24,28-29,39,43-47,54,92H,1,8,17-22,25-27,30-38H2,2-4H3/t43-,44-,45-,46-,47-,54?,70+,71+/m1/s1. The number of amides is 2. The number of likely N-dealkylation sites (tertiary alicyclic amines) is 3. The summed E-state index contributed by atoms with van der Waals surface area (Å²) < 4.78 is 110. The lowest BCUT2D eigenvalue weighted by molar-refractivity contribution is -0.131. The lowest BCUT2D eigenvalue weighted by Crippen LogP contribution is -2.53. The molecule has 8 atom stereocenters. The SMILES string of the molecule is C=CC(=O)N1CC(CN(C)c2nc(OC[C@@]34CCC(c5cc(Cl)c6c(-c7ncc8c(N(C)[C@@H]9CCN(C(=O)C#C[C@@H]%10C[C@@H](O)CN%10C)C9)nc(OC[C@@]9%10CCCN9C[C@H](F)C%10)nc8c7F)cccc6c5)N3C[C@H](F)C4)nc3c(F)c(-c4cccc5ccc(F)c(F)c45)ncc23)C1. The van der Waals surface area contributed by atoms with E-state index in [2.05, 4.69) is 38.2 Å². The Kier molecular flexibility index (Phi) is 16.5. The molecule has 7 aliphatic heterocycles. The summed E-state index contributed by atoms with van der Waals surface area (Å²) in [7, 11) is 5.47. The number of rotatable bonds is 15. The first kappa shape index (κ1) is 63.6. The molecular weight excluding hydrogens is 1260 g/mol. The van der Waals surface area contributed by atoms with Gasteiger partial charge in [0.2, 0.25) is 5.91 Å². The molecule has 0 saturated carbocycles. The smallest absolute Gasteiger partial charge is 0.319 e.